The highest BCUT2D eigenvalue weighted by atomic mass is 35.5. The van der Waals surface area contributed by atoms with Crippen LogP contribution in [-0.4, -0.2) is 36.8 Å². The van der Waals surface area contributed by atoms with Crippen LogP contribution in [0, 0.1) is 5.92 Å². The summed E-state index contributed by atoms with van der Waals surface area (Å²) in [6.07, 6.45) is 8.36. The summed E-state index contributed by atoms with van der Waals surface area (Å²) in [5, 5.41) is 10.4. The van der Waals surface area contributed by atoms with Gasteiger partial charge in [-0.25, -0.2) is 0 Å². The van der Waals surface area contributed by atoms with Crippen LogP contribution in [0.5, 0.6) is 0 Å². The van der Waals surface area contributed by atoms with Gasteiger partial charge in [0.1, 0.15) is 0 Å². The molecule has 0 spiro atoms. The van der Waals surface area contributed by atoms with Crippen molar-refractivity contribution in [3.05, 3.63) is 42.0 Å². The summed E-state index contributed by atoms with van der Waals surface area (Å²) in [5.41, 5.74) is 1.14. The fraction of sp³-hybridized carbons (Fsp3) is 0.556. The summed E-state index contributed by atoms with van der Waals surface area (Å²) in [6.45, 7) is 3.15. The molecule has 1 N–H and O–H groups in total. The summed E-state index contributed by atoms with van der Waals surface area (Å²) in [6, 6.07) is 10.2. The normalized spacial score (nSPS) is 14.1. The Morgan fingerprint density at radius 3 is 2.38 bits per heavy atom. The van der Waals surface area contributed by atoms with Crippen LogP contribution in [0.25, 0.3) is 6.08 Å². The lowest BCUT2D eigenvalue weighted by Crippen LogP contribution is -2.30. The van der Waals surface area contributed by atoms with Crippen LogP contribution in [0.3, 0.4) is 0 Å². The standard InChI is InChI=1S/C18H29NO.ClH/c1-4-5-7-12-17(15-19(2)3)18(20)14-13-16-10-8-6-9-11-16;/h6,8-11,13-14,17-18,20H,4-5,7,12,15H2,1-3H3;1H/b14-13-;. The third-order valence-electron chi connectivity index (χ3n) is 3.55. The van der Waals surface area contributed by atoms with E-state index in [1.807, 2.05) is 30.4 Å². The van der Waals surface area contributed by atoms with Crippen LogP contribution in [0.2, 0.25) is 0 Å². The first-order valence-electron chi connectivity index (χ1n) is 7.69. The topological polar surface area (TPSA) is 23.5 Å². The molecule has 2 nitrogen and oxygen atoms in total. The Kier molecular flexibility index (Phi) is 11.3. The zero-order valence-corrected chi connectivity index (χ0v) is 14.4. The molecule has 2 atom stereocenters. The molecule has 2 unspecified atom stereocenters. The second-order valence-electron chi connectivity index (χ2n) is 5.78. The van der Waals surface area contributed by atoms with Crippen LogP contribution < -0.4 is 0 Å². The van der Waals surface area contributed by atoms with Gasteiger partial charge in [-0.1, -0.05) is 68.7 Å². The van der Waals surface area contributed by atoms with Gasteiger partial charge in [-0.05, 0) is 26.1 Å². The zero-order chi connectivity index (χ0) is 14.8. The van der Waals surface area contributed by atoms with E-state index in [0.717, 1.165) is 18.5 Å². The van der Waals surface area contributed by atoms with Crippen molar-refractivity contribution >= 4 is 18.5 Å². The number of nitrogens with zero attached hydrogens (tertiary/aromatic N) is 1. The predicted molar refractivity (Wildman–Crippen MR) is 94.9 cm³/mol. The maximum Gasteiger partial charge on any atom is 0.0764 e. The van der Waals surface area contributed by atoms with E-state index < -0.39 is 0 Å². The molecule has 0 radical (unpaired) electrons. The first-order valence-corrected chi connectivity index (χ1v) is 7.69. The number of hydrogen-bond donors (Lipinski definition) is 1. The van der Waals surface area contributed by atoms with Gasteiger partial charge in [0.15, 0.2) is 0 Å². The van der Waals surface area contributed by atoms with Crippen molar-refractivity contribution in [2.24, 2.45) is 5.92 Å². The third kappa shape index (κ3) is 8.92. The van der Waals surface area contributed by atoms with Crippen LogP contribution in [0.15, 0.2) is 36.4 Å². The van der Waals surface area contributed by atoms with E-state index in [1.165, 1.54) is 19.3 Å². The minimum atomic E-state index is -0.366. The van der Waals surface area contributed by atoms with Crippen molar-refractivity contribution in [3.63, 3.8) is 0 Å². The van der Waals surface area contributed by atoms with Crippen molar-refractivity contribution in [2.75, 3.05) is 20.6 Å². The summed E-state index contributed by atoms with van der Waals surface area (Å²) in [7, 11) is 4.14. The quantitative estimate of drug-likeness (QED) is 0.689. The molecule has 21 heavy (non-hydrogen) atoms. The monoisotopic (exact) mass is 311 g/mol. The Labute approximate surface area is 136 Å². The van der Waals surface area contributed by atoms with Crippen molar-refractivity contribution in [2.45, 2.75) is 38.7 Å². The molecule has 0 aliphatic rings. The molecule has 1 rings (SSSR count). The number of hydrogen-bond acceptors (Lipinski definition) is 2. The zero-order valence-electron chi connectivity index (χ0n) is 13.5. The van der Waals surface area contributed by atoms with Gasteiger partial charge in [0, 0.05) is 12.5 Å². The molecule has 0 bridgehead atoms. The van der Waals surface area contributed by atoms with Gasteiger partial charge in [0.2, 0.25) is 0 Å². The smallest absolute Gasteiger partial charge is 0.0764 e. The average Bonchev–Trinajstić information content (AvgIpc) is 2.44. The molecular formula is C18H30ClNO. The number of halogens is 1. The third-order valence-corrected chi connectivity index (χ3v) is 3.55. The van der Waals surface area contributed by atoms with Crippen molar-refractivity contribution in [1.82, 2.24) is 4.90 Å². The lowest BCUT2D eigenvalue weighted by Gasteiger charge is -2.24. The van der Waals surface area contributed by atoms with Crippen LogP contribution in [0.4, 0.5) is 0 Å². The molecule has 0 amide bonds. The number of unbranched alkanes of at least 4 members (excludes halogenated alkanes) is 2. The number of aliphatic hydroxyl groups excluding tert-OH is 1. The van der Waals surface area contributed by atoms with Gasteiger partial charge in [0.25, 0.3) is 0 Å². The maximum absolute atomic E-state index is 10.4. The van der Waals surface area contributed by atoms with Gasteiger partial charge in [-0.3, -0.25) is 0 Å². The Morgan fingerprint density at radius 2 is 1.81 bits per heavy atom. The van der Waals surface area contributed by atoms with Crippen LogP contribution >= 0.6 is 12.4 Å². The molecule has 3 heteroatoms. The van der Waals surface area contributed by atoms with Crippen LogP contribution in [-0.2, 0) is 0 Å². The SMILES string of the molecule is CCCCCC(CN(C)C)C(O)/C=C\c1ccccc1.Cl. The first-order chi connectivity index (χ1) is 9.63. The predicted octanol–water partition coefficient (Wildman–Crippen LogP) is 4.24. The van der Waals surface area contributed by atoms with E-state index in [9.17, 15) is 5.11 Å². The summed E-state index contributed by atoms with van der Waals surface area (Å²) < 4.78 is 0. The molecule has 0 aromatic heterocycles. The van der Waals surface area contributed by atoms with E-state index in [4.69, 9.17) is 0 Å². The van der Waals surface area contributed by atoms with Gasteiger partial charge in [0.05, 0.1) is 6.10 Å². The number of benzene rings is 1. The molecule has 0 aliphatic heterocycles. The van der Waals surface area contributed by atoms with Crippen molar-refractivity contribution in [1.29, 1.82) is 0 Å². The average molecular weight is 312 g/mol. The molecule has 1 aromatic carbocycles. The van der Waals surface area contributed by atoms with Gasteiger partial charge >= 0.3 is 0 Å². The number of rotatable bonds is 9. The molecule has 120 valence electrons. The Balaban J connectivity index is 0.00000400. The van der Waals surface area contributed by atoms with E-state index in [1.54, 1.807) is 0 Å². The number of aliphatic hydroxyl groups is 1. The van der Waals surface area contributed by atoms with Crippen molar-refractivity contribution in [3.8, 4) is 0 Å². The second kappa shape index (κ2) is 11.8. The molecule has 0 aliphatic carbocycles. The highest BCUT2D eigenvalue weighted by molar-refractivity contribution is 5.85. The molecule has 1 aromatic rings. The Bertz CT molecular complexity index is 378. The first kappa shape index (κ1) is 20.2. The summed E-state index contributed by atoms with van der Waals surface area (Å²) in [4.78, 5) is 2.16. The lowest BCUT2D eigenvalue weighted by atomic mass is 9.94. The highest BCUT2D eigenvalue weighted by Gasteiger charge is 2.17. The molecular weight excluding hydrogens is 282 g/mol. The van der Waals surface area contributed by atoms with Gasteiger partial charge in [-0.15, -0.1) is 12.4 Å². The Hall–Kier alpha value is -0.830. The van der Waals surface area contributed by atoms with E-state index in [0.29, 0.717) is 5.92 Å². The van der Waals surface area contributed by atoms with E-state index >= 15 is 0 Å². The maximum atomic E-state index is 10.4. The van der Waals surface area contributed by atoms with E-state index in [-0.39, 0.29) is 18.5 Å². The Morgan fingerprint density at radius 1 is 1.14 bits per heavy atom. The van der Waals surface area contributed by atoms with Gasteiger partial charge in [-0.2, -0.15) is 0 Å². The fourth-order valence-electron chi connectivity index (χ4n) is 2.43. The second-order valence-corrected chi connectivity index (χ2v) is 5.78. The highest BCUT2D eigenvalue weighted by Crippen LogP contribution is 2.17. The largest absolute Gasteiger partial charge is 0.389 e. The summed E-state index contributed by atoms with van der Waals surface area (Å²) >= 11 is 0. The van der Waals surface area contributed by atoms with E-state index in [2.05, 4.69) is 38.1 Å². The molecule has 0 fully saturated rings. The van der Waals surface area contributed by atoms with Crippen molar-refractivity contribution < 1.29 is 5.11 Å². The minimum Gasteiger partial charge on any atom is -0.389 e. The van der Waals surface area contributed by atoms with Gasteiger partial charge < -0.3 is 10.0 Å². The fourth-order valence-corrected chi connectivity index (χ4v) is 2.43. The lowest BCUT2D eigenvalue weighted by molar-refractivity contribution is 0.122. The van der Waals surface area contributed by atoms with Crippen LogP contribution in [0.1, 0.15) is 38.2 Å². The molecule has 0 heterocycles. The minimum absolute atomic E-state index is 0. The summed E-state index contributed by atoms with van der Waals surface area (Å²) in [5.74, 6) is 0.316. The molecule has 0 saturated heterocycles. The molecule has 0 saturated carbocycles.